The summed E-state index contributed by atoms with van der Waals surface area (Å²) in [6.07, 6.45) is 0. The van der Waals surface area contributed by atoms with Crippen LogP contribution in [-0.4, -0.2) is 38.1 Å². The Kier molecular flexibility index (Phi) is 6.01. The second kappa shape index (κ2) is 7.30. The molecule has 0 spiro atoms. The molecule has 0 aromatic heterocycles. The molecule has 0 saturated carbocycles. The van der Waals surface area contributed by atoms with Gasteiger partial charge in [-0.1, -0.05) is 25.1 Å². The normalized spacial score (nSPS) is 12.8. The average Bonchev–Trinajstić information content (AvgIpc) is 2.36. The molecule has 1 rings (SSSR count). The summed E-state index contributed by atoms with van der Waals surface area (Å²) in [7, 11) is 4.12. The van der Waals surface area contributed by atoms with Gasteiger partial charge in [-0.2, -0.15) is 0 Å². The Morgan fingerprint density at radius 3 is 2.65 bits per heavy atom. The lowest BCUT2D eigenvalue weighted by Crippen LogP contribution is -2.37. The fraction of sp³-hybridized carbons (Fsp3) is 0.571. The zero-order chi connectivity index (χ0) is 12.7. The third-order valence-corrected chi connectivity index (χ3v) is 3.05. The van der Waals surface area contributed by atoms with Crippen molar-refractivity contribution in [3.05, 3.63) is 29.8 Å². The molecule has 3 nitrogen and oxygen atoms in total. The Hall–Kier alpha value is -1.06. The van der Waals surface area contributed by atoms with E-state index in [4.69, 9.17) is 0 Å². The molecule has 0 aliphatic rings. The van der Waals surface area contributed by atoms with E-state index >= 15 is 0 Å². The van der Waals surface area contributed by atoms with E-state index in [1.807, 2.05) is 7.05 Å². The summed E-state index contributed by atoms with van der Waals surface area (Å²) in [6.45, 7) is 7.50. The van der Waals surface area contributed by atoms with E-state index in [1.54, 1.807) is 0 Å². The lowest BCUT2D eigenvalue weighted by atomic mass is 10.1. The van der Waals surface area contributed by atoms with Crippen molar-refractivity contribution in [2.75, 3.05) is 32.5 Å². The van der Waals surface area contributed by atoms with Crippen LogP contribution in [0.3, 0.4) is 0 Å². The minimum absolute atomic E-state index is 0.505. The van der Waals surface area contributed by atoms with Gasteiger partial charge in [-0.05, 0) is 32.1 Å². The van der Waals surface area contributed by atoms with Crippen LogP contribution in [0.4, 0.5) is 5.69 Å². The molecule has 0 amide bonds. The van der Waals surface area contributed by atoms with Crippen LogP contribution in [0.1, 0.15) is 19.4 Å². The molecule has 3 heteroatoms. The Morgan fingerprint density at radius 2 is 2.00 bits per heavy atom. The van der Waals surface area contributed by atoms with Gasteiger partial charge in [-0.15, -0.1) is 0 Å². The molecule has 0 heterocycles. The molecular weight excluding hydrogens is 210 g/mol. The molecule has 96 valence electrons. The van der Waals surface area contributed by atoms with Gasteiger partial charge in [0.25, 0.3) is 0 Å². The van der Waals surface area contributed by atoms with Crippen LogP contribution >= 0.6 is 0 Å². The Labute approximate surface area is 105 Å². The van der Waals surface area contributed by atoms with Crippen molar-refractivity contribution in [1.82, 2.24) is 10.2 Å². The lowest BCUT2D eigenvalue weighted by Gasteiger charge is -2.21. The maximum absolute atomic E-state index is 3.56. The van der Waals surface area contributed by atoms with Crippen LogP contribution < -0.4 is 10.6 Å². The van der Waals surface area contributed by atoms with Crippen LogP contribution in [-0.2, 0) is 6.54 Å². The molecule has 0 aliphatic carbocycles. The van der Waals surface area contributed by atoms with Crippen LogP contribution in [0, 0.1) is 0 Å². The highest BCUT2D eigenvalue weighted by atomic mass is 15.1. The average molecular weight is 235 g/mol. The monoisotopic (exact) mass is 235 g/mol. The van der Waals surface area contributed by atoms with Crippen LogP contribution in [0.25, 0.3) is 0 Å². The Balaban J connectivity index is 2.44. The van der Waals surface area contributed by atoms with E-state index in [1.165, 1.54) is 11.3 Å². The molecule has 0 saturated heterocycles. The second-order valence-electron chi connectivity index (χ2n) is 4.54. The summed E-state index contributed by atoms with van der Waals surface area (Å²) in [5.41, 5.74) is 2.53. The first-order valence-electron chi connectivity index (χ1n) is 6.35. The first kappa shape index (κ1) is 14.0. The molecule has 0 fully saturated rings. The summed E-state index contributed by atoms with van der Waals surface area (Å²) in [6, 6.07) is 8.92. The molecule has 2 N–H and O–H groups in total. The topological polar surface area (TPSA) is 27.3 Å². The van der Waals surface area contributed by atoms with Crippen molar-refractivity contribution in [1.29, 1.82) is 0 Å². The number of hydrogen-bond donors (Lipinski definition) is 2. The summed E-state index contributed by atoms with van der Waals surface area (Å²) < 4.78 is 0. The molecular formula is C14H25N3. The second-order valence-corrected chi connectivity index (χ2v) is 4.54. The maximum Gasteiger partial charge on any atom is 0.0383 e. The quantitative estimate of drug-likeness (QED) is 0.758. The van der Waals surface area contributed by atoms with E-state index in [2.05, 4.69) is 60.7 Å². The molecule has 0 bridgehead atoms. The predicted molar refractivity (Wildman–Crippen MR) is 75.5 cm³/mol. The summed E-state index contributed by atoms with van der Waals surface area (Å²) >= 11 is 0. The summed E-state index contributed by atoms with van der Waals surface area (Å²) in [4.78, 5) is 2.32. The van der Waals surface area contributed by atoms with Gasteiger partial charge >= 0.3 is 0 Å². The highest BCUT2D eigenvalue weighted by Gasteiger charge is 2.05. The highest BCUT2D eigenvalue weighted by molar-refractivity contribution is 5.50. The van der Waals surface area contributed by atoms with Crippen LogP contribution in [0.5, 0.6) is 0 Å². The van der Waals surface area contributed by atoms with Gasteiger partial charge in [0.2, 0.25) is 0 Å². The molecule has 1 unspecified atom stereocenters. The van der Waals surface area contributed by atoms with Gasteiger partial charge in [0.1, 0.15) is 0 Å². The van der Waals surface area contributed by atoms with Crippen molar-refractivity contribution in [2.24, 2.45) is 0 Å². The summed E-state index contributed by atoms with van der Waals surface area (Å²) in [5, 5.41) is 6.78. The number of nitrogens with one attached hydrogen (secondary N) is 2. The third kappa shape index (κ3) is 4.75. The van der Waals surface area contributed by atoms with Crippen molar-refractivity contribution >= 4 is 5.69 Å². The predicted octanol–water partition coefficient (Wildman–Crippen LogP) is 2.16. The van der Waals surface area contributed by atoms with E-state index in [9.17, 15) is 0 Å². The molecule has 1 aromatic rings. The number of nitrogens with zero attached hydrogens (tertiary/aromatic N) is 1. The highest BCUT2D eigenvalue weighted by Crippen LogP contribution is 2.13. The smallest absolute Gasteiger partial charge is 0.0383 e. The minimum atomic E-state index is 0.505. The largest absolute Gasteiger partial charge is 0.388 e. The number of benzene rings is 1. The lowest BCUT2D eigenvalue weighted by molar-refractivity contribution is 0.309. The Morgan fingerprint density at radius 1 is 1.29 bits per heavy atom. The number of hydrogen-bond acceptors (Lipinski definition) is 3. The fourth-order valence-electron chi connectivity index (χ4n) is 1.86. The van der Waals surface area contributed by atoms with Gasteiger partial charge in [-0.3, -0.25) is 0 Å². The number of para-hydroxylation sites is 1. The molecule has 0 radical (unpaired) electrons. The zero-order valence-corrected chi connectivity index (χ0v) is 11.5. The van der Waals surface area contributed by atoms with Gasteiger partial charge in [-0.25, -0.2) is 0 Å². The van der Waals surface area contributed by atoms with Gasteiger partial charge in [0.05, 0.1) is 0 Å². The van der Waals surface area contributed by atoms with Crippen LogP contribution in [0.2, 0.25) is 0 Å². The number of rotatable bonds is 7. The van der Waals surface area contributed by atoms with Gasteiger partial charge in [0.15, 0.2) is 0 Å². The first-order valence-corrected chi connectivity index (χ1v) is 6.35. The molecule has 0 aliphatic heterocycles. The van der Waals surface area contributed by atoms with Crippen LogP contribution in [0.15, 0.2) is 24.3 Å². The molecule has 17 heavy (non-hydrogen) atoms. The third-order valence-electron chi connectivity index (χ3n) is 3.05. The maximum atomic E-state index is 3.56. The fourth-order valence-corrected chi connectivity index (χ4v) is 1.86. The standard InChI is InChI=1S/C14H25N3/c1-5-17(4)11-12(2)16-10-13-8-6-7-9-14(13)15-3/h6-9,12,15-16H,5,10-11H2,1-4H3. The zero-order valence-electron chi connectivity index (χ0n) is 11.5. The van der Waals surface area contributed by atoms with Crippen molar-refractivity contribution in [3.8, 4) is 0 Å². The molecule has 1 atom stereocenters. The summed E-state index contributed by atoms with van der Waals surface area (Å²) in [5.74, 6) is 0. The Bertz CT molecular complexity index is 325. The van der Waals surface area contributed by atoms with E-state index < -0.39 is 0 Å². The van der Waals surface area contributed by atoms with E-state index in [0.29, 0.717) is 6.04 Å². The van der Waals surface area contributed by atoms with E-state index in [0.717, 1.165) is 19.6 Å². The number of anilines is 1. The SMILES string of the molecule is CCN(C)CC(C)NCc1ccccc1NC. The first-order chi connectivity index (χ1) is 8.17. The van der Waals surface area contributed by atoms with Gasteiger partial charge < -0.3 is 15.5 Å². The number of likely N-dealkylation sites (N-methyl/N-ethyl adjacent to an activating group) is 1. The van der Waals surface area contributed by atoms with Crippen molar-refractivity contribution in [3.63, 3.8) is 0 Å². The van der Waals surface area contributed by atoms with E-state index in [-0.39, 0.29) is 0 Å². The van der Waals surface area contributed by atoms with Crippen molar-refractivity contribution in [2.45, 2.75) is 26.4 Å². The molecule has 1 aromatic carbocycles. The minimum Gasteiger partial charge on any atom is -0.388 e. The van der Waals surface area contributed by atoms with Crippen molar-refractivity contribution < 1.29 is 0 Å². The van der Waals surface area contributed by atoms with Gasteiger partial charge in [0, 0.05) is 31.9 Å².